The van der Waals surface area contributed by atoms with Crippen LogP contribution in [0.4, 0.5) is 0 Å². The van der Waals surface area contributed by atoms with E-state index in [0.717, 1.165) is 70.4 Å². The molecule has 0 aliphatic carbocycles. The van der Waals surface area contributed by atoms with Crippen LogP contribution in [0.25, 0.3) is 0 Å². The van der Waals surface area contributed by atoms with Gasteiger partial charge in [0.1, 0.15) is 0 Å². The molecule has 28 heavy (non-hydrogen) atoms. The maximum absolute atomic E-state index is 5.51. The highest BCUT2D eigenvalue weighted by Crippen LogP contribution is 2.14. The third-order valence-electron chi connectivity index (χ3n) is 4.79. The summed E-state index contributed by atoms with van der Waals surface area (Å²) < 4.78 is 5.51. The zero-order chi connectivity index (χ0) is 19.5. The van der Waals surface area contributed by atoms with E-state index in [1.807, 2.05) is 13.1 Å². The van der Waals surface area contributed by atoms with Gasteiger partial charge in [-0.1, -0.05) is 19.9 Å². The van der Waals surface area contributed by atoms with Crippen LogP contribution in [0.3, 0.4) is 0 Å². The van der Waals surface area contributed by atoms with Crippen LogP contribution in [-0.4, -0.2) is 67.8 Å². The molecular formula is C21H38IN5O. The molecule has 1 aliphatic heterocycles. The minimum Gasteiger partial charge on any atom is -0.379 e. The van der Waals surface area contributed by atoms with Gasteiger partial charge in [0.05, 0.1) is 19.8 Å². The summed E-state index contributed by atoms with van der Waals surface area (Å²) in [5.41, 5.74) is 2.30. The summed E-state index contributed by atoms with van der Waals surface area (Å²) in [4.78, 5) is 11.8. The molecule has 160 valence electrons. The highest BCUT2D eigenvalue weighted by Gasteiger charge is 2.21. The first kappa shape index (κ1) is 25.1. The molecular weight excluding hydrogens is 465 g/mol. The third-order valence-corrected chi connectivity index (χ3v) is 4.79. The Hall–Kier alpha value is -0.930. The quantitative estimate of drug-likeness (QED) is 0.309. The Morgan fingerprint density at radius 3 is 2.61 bits per heavy atom. The van der Waals surface area contributed by atoms with Crippen molar-refractivity contribution in [2.24, 2.45) is 10.9 Å². The number of rotatable bonds is 9. The average Bonchev–Trinajstić information content (AvgIpc) is 2.67. The number of morpholine rings is 1. The zero-order valence-electron chi connectivity index (χ0n) is 17.9. The lowest BCUT2D eigenvalue weighted by atomic mass is 10.0. The molecule has 1 aromatic rings. The highest BCUT2D eigenvalue weighted by atomic mass is 127. The Morgan fingerprint density at radius 1 is 1.25 bits per heavy atom. The fourth-order valence-corrected chi connectivity index (χ4v) is 3.34. The van der Waals surface area contributed by atoms with Crippen molar-refractivity contribution in [3.8, 4) is 0 Å². The number of ether oxygens (including phenoxy) is 1. The van der Waals surface area contributed by atoms with Crippen LogP contribution in [-0.2, 0) is 11.2 Å². The number of aliphatic imine (C=N–C) groups is 1. The van der Waals surface area contributed by atoms with Gasteiger partial charge in [-0.15, -0.1) is 24.0 Å². The van der Waals surface area contributed by atoms with Crippen molar-refractivity contribution in [3.05, 3.63) is 29.6 Å². The second kappa shape index (κ2) is 14.1. The molecule has 0 bridgehead atoms. The highest BCUT2D eigenvalue weighted by molar-refractivity contribution is 14.0. The van der Waals surface area contributed by atoms with E-state index in [-0.39, 0.29) is 24.0 Å². The fraction of sp³-hybridized carbons (Fsp3) is 0.714. The Morgan fingerprint density at radius 2 is 2.00 bits per heavy atom. The molecule has 1 fully saturated rings. The number of guanidine groups is 1. The maximum atomic E-state index is 5.51. The van der Waals surface area contributed by atoms with Gasteiger partial charge in [0.15, 0.2) is 5.96 Å². The molecule has 0 amide bonds. The molecule has 0 spiro atoms. The number of nitrogens with zero attached hydrogens (tertiary/aromatic N) is 3. The van der Waals surface area contributed by atoms with E-state index >= 15 is 0 Å². The van der Waals surface area contributed by atoms with Gasteiger partial charge in [-0.25, -0.2) is 0 Å². The predicted molar refractivity (Wildman–Crippen MR) is 128 cm³/mol. The predicted octanol–water partition coefficient (Wildman–Crippen LogP) is 2.85. The molecule has 2 N–H and O–H groups in total. The van der Waals surface area contributed by atoms with E-state index < -0.39 is 0 Å². The van der Waals surface area contributed by atoms with E-state index in [1.54, 1.807) is 0 Å². The van der Waals surface area contributed by atoms with Crippen LogP contribution in [0.1, 0.15) is 38.4 Å². The lowest BCUT2D eigenvalue weighted by molar-refractivity contribution is 0.0143. The summed E-state index contributed by atoms with van der Waals surface area (Å²) in [5, 5.41) is 6.83. The third kappa shape index (κ3) is 9.52. The van der Waals surface area contributed by atoms with E-state index in [4.69, 9.17) is 9.73 Å². The molecule has 0 saturated carbocycles. The molecule has 7 heteroatoms. The van der Waals surface area contributed by atoms with Gasteiger partial charge in [-0.05, 0) is 44.2 Å². The first-order valence-corrected chi connectivity index (χ1v) is 10.3. The first-order valence-electron chi connectivity index (χ1n) is 10.3. The second-order valence-corrected chi connectivity index (χ2v) is 7.64. The van der Waals surface area contributed by atoms with Crippen LogP contribution < -0.4 is 10.6 Å². The van der Waals surface area contributed by atoms with Crippen molar-refractivity contribution in [3.63, 3.8) is 0 Å². The van der Waals surface area contributed by atoms with Crippen molar-refractivity contribution in [1.29, 1.82) is 0 Å². The minimum absolute atomic E-state index is 0. The summed E-state index contributed by atoms with van der Waals surface area (Å²) >= 11 is 0. The van der Waals surface area contributed by atoms with E-state index in [1.165, 1.54) is 5.56 Å². The number of aromatic nitrogens is 1. The molecule has 6 nitrogen and oxygen atoms in total. The lowest BCUT2D eigenvalue weighted by Gasteiger charge is -2.34. The molecule has 0 radical (unpaired) electrons. The van der Waals surface area contributed by atoms with Crippen molar-refractivity contribution in [1.82, 2.24) is 20.5 Å². The van der Waals surface area contributed by atoms with Crippen molar-refractivity contribution in [2.45, 2.75) is 46.6 Å². The van der Waals surface area contributed by atoms with Gasteiger partial charge in [-0.3, -0.25) is 14.9 Å². The molecule has 1 aliphatic rings. The van der Waals surface area contributed by atoms with Crippen molar-refractivity contribution in [2.75, 3.05) is 45.9 Å². The molecule has 2 heterocycles. The Bertz CT molecular complexity index is 558. The largest absolute Gasteiger partial charge is 0.379 e. The number of nitrogens with one attached hydrogen (secondary N) is 2. The van der Waals surface area contributed by atoms with Gasteiger partial charge >= 0.3 is 0 Å². The maximum Gasteiger partial charge on any atom is 0.191 e. The molecule has 1 unspecified atom stereocenters. The Balaban J connectivity index is 0.00000392. The van der Waals surface area contributed by atoms with E-state index in [0.29, 0.717) is 12.0 Å². The summed E-state index contributed by atoms with van der Waals surface area (Å²) in [6, 6.07) is 4.68. The molecule has 1 aromatic heterocycles. The number of hydrogen-bond acceptors (Lipinski definition) is 4. The monoisotopic (exact) mass is 503 g/mol. The van der Waals surface area contributed by atoms with Crippen LogP contribution in [0.2, 0.25) is 0 Å². The van der Waals surface area contributed by atoms with Gasteiger partial charge in [0.2, 0.25) is 0 Å². The molecule has 0 aromatic carbocycles. The smallest absolute Gasteiger partial charge is 0.191 e. The standard InChI is InChI=1S/C21H37N5O.HI/c1-5-22-21(23-9-8-19-7-6-18(4)24-15-19)25-16-20(14-17(2)3)26-10-12-27-13-11-26;/h6-7,15,17,20H,5,8-14,16H2,1-4H3,(H2,22,23,25);1H. The van der Waals surface area contributed by atoms with Crippen LogP contribution in [0, 0.1) is 12.8 Å². The number of hydrogen-bond donors (Lipinski definition) is 2. The summed E-state index contributed by atoms with van der Waals surface area (Å²) in [5.74, 6) is 1.57. The molecule has 1 saturated heterocycles. The average molecular weight is 503 g/mol. The summed E-state index contributed by atoms with van der Waals surface area (Å²) in [6.07, 6.45) is 4.06. The molecule has 2 rings (SSSR count). The summed E-state index contributed by atoms with van der Waals surface area (Å²) in [7, 11) is 0. The van der Waals surface area contributed by atoms with Gasteiger partial charge in [0.25, 0.3) is 0 Å². The van der Waals surface area contributed by atoms with Crippen LogP contribution in [0.15, 0.2) is 23.3 Å². The van der Waals surface area contributed by atoms with Crippen LogP contribution >= 0.6 is 24.0 Å². The van der Waals surface area contributed by atoms with Crippen molar-refractivity contribution < 1.29 is 4.74 Å². The second-order valence-electron chi connectivity index (χ2n) is 7.64. The van der Waals surface area contributed by atoms with E-state index in [2.05, 4.69) is 53.4 Å². The first-order chi connectivity index (χ1) is 13.1. The van der Waals surface area contributed by atoms with Gasteiger partial charge in [-0.2, -0.15) is 0 Å². The summed E-state index contributed by atoms with van der Waals surface area (Å²) in [6.45, 7) is 14.9. The zero-order valence-corrected chi connectivity index (χ0v) is 20.2. The Kier molecular flexibility index (Phi) is 12.7. The SMILES string of the molecule is CCNC(=NCC(CC(C)C)N1CCOCC1)NCCc1ccc(C)nc1.I. The fourth-order valence-electron chi connectivity index (χ4n) is 3.34. The number of halogens is 1. The normalized spacial score (nSPS) is 16.5. The topological polar surface area (TPSA) is 61.8 Å². The van der Waals surface area contributed by atoms with Gasteiger partial charge < -0.3 is 15.4 Å². The van der Waals surface area contributed by atoms with E-state index in [9.17, 15) is 0 Å². The van der Waals surface area contributed by atoms with Gasteiger partial charge in [0, 0.05) is 44.1 Å². The molecule has 1 atom stereocenters. The lowest BCUT2D eigenvalue weighted by Crippen LogP contribution is -2.46. The Labute approximate surface area is 187 Å². The number of pyridine rings is 1. The van der Waals surface area contributed by atoms with Crippen LogP contribution in [0.5, 0.6) is 0 Å². The van der Waals surface area contributed by atoms with Crippen molar-refractivity contribution >= 4 is 29.9 Å². The minimum atomic E-state index is 0. The number of aryl methyl sites for hydroxylation is 1.